The first-order valence-electron chi connectivity index (χ1n) is 9.86. The van der Waals surface area contributed by atoms with E-state index < -0.39 is 17.9 Å². The van der Waals surface area contributed by atoms with E-state index in [0.717, 1.165) is 19.0 Å². The lowest BCUT2D eigenvalue weighted by molar-refractivity contribution is -0.123. The fourth-order valence-corrected chi connectivity index (χ4v) is 3.29. The van der Waals surface area contributed by atoms with Gasteiger partial charge in [-0.05, 0) is 30.2 Å². The average molecular weight is 467 g/mol. The predicted molar refractivity (Wildman–Crippen MR) is 120 cm³/mol. The molecule has 1 unspecified atom stereocenters. The van der Waals surface area contributed by atoms with E-state index in [-0.39, 0.29) is 10.9 Å². The maximum absolute atomic E-state index is 12.6. The van der Waals surface area contributed by atoms with Crippen LogP contribution in [-0.2, 0) is 9.53 Å². The second-order valence-corrected chi connectivity index (χ2v) is 8.15. The molecular weight excluding hydrogens is 443 g/mol. The van der Waals surface area contributed by atoms with Gasteiger partial charge in [-0.3, -0.25) is 9.59 Å². The van der Waals surface area contributed by atoms with Crippen molar-refractivity contribution in [2.75, 3.05) is 31.2 Å². The summed E-state index contributed by atoms with van der Waals surface area (Å²) in [5.74, 6) is 0.184. The van der Waals surface area contributed by atoms with Crippen LogP contribution in [0.4, 0.5) is 5.88 Å². The standard InChI is InChI=1S/C21H24Cl2N4O4/c1-13(2)19(25-20(28)14-3-5-16(22)17(23)11-14)21(29)26-24-12-15-4-6-18(31-15)27-7-9-30-10-8-27/h3-6,11-13,19H,7-10H2,1-2H3,(H,25,28)(H,26,29)/b24-12-. The van der Waals surface area contributed by atoms with Gasteiger partial charge in [0.15, 0.2) is 5.88 Å². The number of nitrogens with one attached hydrogen (secondary N) is 2. The highest BCUT2D eigenvalue weighted by Gasteiger charge is 2.25. The number of furan rings is 1. The number of anilines is 1. The van der Waals surface area contributed by atoms with Gasteiger partial charge in [-0.2, -0.15) is 5.10 Å². The average Bonchev–Trinajstić information content (AvgIpc) is 3.23. The Balaban J connectivity index is 1.58. The van der Waals surface area contributed by atoms with Crippen molar-refractivity contribution < 1.29 is 18.7 Å². The van der Waals surface area contributed by atoms with Crippen LogP contribution in [0.1, 0.15) is 30.0 Å². The van der Waals surface area contributed by atoms with E-state index >= 15 is 0 Å². The first-order chi connectivity index (χ1) is 14.8. The Morgan fingerprint density at radius 1 is 1.13 bits per heavy atom. The summed E-state index contributed by atoms with van der Waals surface area (Å²) in [6.45, 7) is 6.48. The SMILES string of the molecule is CC(C)C(NC(=O)c1ccc(Cl)c(Cl)c1)C(=O)N/N=C\c1ccc(N2CCOCC2)o1. The number of carbonyl (C=O) groups excluding carboxylic acids is 2. The van der Waals surface area contributed by atoms with Crippen molar-refractivity contribution in [3.63, 3.8) is 0 Å². The van der Waals surface area contributed by atoms with Gasteiger partial charge in [0, 0.05) is 24.7 Å². The summed E-state index contributed by atoms with van der Waals surface area (Å²) in [5, 5.41) is 7.28. The minimum atomic E-state index is -0.792. The van der Waals surface area contributed by atoms with Gasteiger partial charge in [0.05, 0.1) is 29.5 Å². The van der Waals surface area contributed by atoms with Crippen LogP contribution in [0.15, 0.2) is 39.9 Å². The molecule has 3 rings (SSSR count). The fourth-order valence-electron chi connectivity index (χ4n) is 2.99. The summed E-state index contributed by atoms with van der Waals surface area (Å²) < 4.78 is 11.1. The van der Waals surface area contributed by atoms with E-state index in [2.05, 4.69) is 20.7 Å². The number of hydrogen-bond acceptors (Lipinski definition) is 6. The Labute approximate surface area is 190 Å². The largest absolute Gasteiger partial charge is 0.440 e. The van der Waals surface area contributed by atoms with Crippen LogP contribution in [0.2, 0.25) is 10.0 Å². The lowest BCUT2D eigenvalue weighted by atomic mass is 10.0. The van der Waals surface area contributed by atoms with Crippen molar-refractivity contribution >= 4 is 47.1 Å². The second kappa shape index (κ2) is 10.7. The Bertz CT molecular complexity index is 955. The van der Waals surface area contributed by atoms with Crippen molar-refractivity contribution in [1.82, 2.24) is 10.7 Å². The molecule has 2 amide bonds. The minimum absolute atomic E-state index is 0.168. The van der Waals surface area contributed by atoms with E-state index in [1.54, 1.807) is 12.1 Å². The van der Waals surface area contributed by atoms with Crippen molar-refractivity contribution in [3.8, 4) is 0 Å². The van der Waals surface area contributed by atoms with Gasteiger partial charge < -0.3 is 19.4 Å². The topological polar surface area (TPSA) is 96.2 Å². The monoisotopic (exact) mass is 466 g/mol. The van der Waals surface area contributed by atoms with Crippen LogP contribution < -0.4 is 15.6 Å². The van der Waals surface area contributed by atoms with E-state index in [1.807, 2.05) is 19.9 Å². The number of morpholine rings is 1. The molecule has 1 aromatic carbocycles. The number of carbonyl (C=O) groups is 2. The molecule has 10 heteroatoms. The summed E-state index contributed by atoms with van der Waals surface area (Å²) in [6.07, 6.45) is 1.42. The number of nitrogens with zero attached hydrogens (tertiary/aromatic N) is 2. The van der Waals surface area contributed by atoms with E-state index in [1.165, 1.54) is 18.3 Å². The smallest absolute Gasteiger partial charge is 0.262 e. The lowest BCUT2D eigenvalue weighted by Crippen LogP contribution is -2.48. The Hall–Kier alpha value is -2.55. The summed E-state index contributed by atoms with van der Waals surface area (Å²) in [6, 6.07) is 7.35. The molecule has 2 heterocycles. The number of halogens is 2. The van der Waals surface area contributed by atoms with Gasteiger partial charge in [-0.25, -0.2) is 5.43 Å². The summed E-state index contributed by atoms with van der Waals surface area (Å²) in [7, 11) is 0. The van der Waals surface area contributed by atoms with E-state index in [0.29, 0.717) is 29.6 Å². The first kappa shape index (κ1) is 23.1. The molecule has 1 aromatic heterocycles. The van der Waals surface area contributed by atoms with Crippen molar-refractivity contribution in [1.29, 1.82) is 0 Å². The number of amides is 2. The third-order valence-corrected chi connectivity index (χ3v) is 5.46. The zero-order valence-electron chi connectivity index (χ0n) is 17.2. The maximum Gasteiger partial charge on any atom is 0.262 e. The van der Waals surface area contributed by atoms with E-state index in [4.69, 9.17) is 32.4 Å². The lowest BCUT2D eigenvalue weighted by Gasteiger charge is -2.26. The Morgan fingerprint density at radius 2 is 1.87 bits per heavy atom. The molecule has 0 aliphatic carbocycles. The normalized spacial score (nSPS) is 15.3. The van der Waals surface area contributed by atoms with Gasteiger partial charge in [-0.15, -0.1) is 0 Å². The molecule has 1 atom stereocenters. The van der Waals surface area contributed by atoms with Crippen LogP contribution in [0.3, 0.4) is 0 Å². The van der Waals surface area contributed by atoms with Crippen LogP contribution in [-0.4, -0.2) is 50.4 Å². The molecule has 166 valence electrons. The molecule has 0 bridgehead atoms. The molecule has 0 saturated carbocycles. The van der Waals surface area contributed by atoms with E-state index in [9.17, 15) is 9.59 Å². The molecule has 1 fully saturated rings. The molecule has 2 N–H and O–H groups in total. The predicted octanol–water partition coefficient (Wildman–Crippen LogP) is 3.33. The minimum Gasteiger partial charge on any atom is -0.440 e. The van der Waals surface area contributed by atoms with Crippen molar-refractivity contribution in [2.24, 2.45) is 11.0 Å². The van der Waals surface area contributed by atoms with Gasteiger partial charge >= 0.3 is 0 Å². The summed E-state index contributed by atoms with van der Waals surface area (Å²) >= 11 is 11.9. The molecule has 1 aliphatic heterocycles. The highest BCUT2D eigenvalue weighted by atomic mass is 35.5. The number of ether oxygens (including phenoxy) is 1. The summed E-state index contributed by atoms with van der Waals surface area (Å²) in [5.41, 5.74) is 2.76. The Morgan fingerprint density at radius 3 is 2.55 bits per heavy atom. The number of hydrogen-bond donors (Lipinski definition) is 2. The molecule has 31 heavy (non-hydrogen) atoms. The highest BCUT2D eigenvalue weighted by molar-refractivity contribution is 6.42. The molecule has 8 nitrogen and oxygen atoms in total. The molecule has 1 aliphatic rings. The fraction of sp³-hybridized carbons (Fsp3) is 0.381. The summed E-state index contributed by atoms with van der Waals surface area (Å²) in [4.78, 5) is 27.2. The molecular formula is C21H24Cl2N4O4. The van der Waals surface area contributed by atoms with Crippen molar-refractivity contribution in [3.05, 3.63) is 51.7 Å². The number of rotatable bonds is 7. The molecule has 1 saturated heterocycles. The highest BCUT2D eigenvalue weighted by Crippen LogP contribution is 2.23. The molecule has 0 spiro atoms. The van der Waals surface area contributed by atoms with Crippen LogP contribution in [0.25, 0.3) is 0 Å². The van der Waals surface area contributed by atoms with Gasteiger partial charge in [0.1, 0.15) is 11.8 Å². The molecule has 0 radical (unpaired) electrons. The zero-order valence-corrected chi connectivity index (χ0v) is 18.7. The van der Waals surface area contributed by atoms with Crippen LogP contribution >= 0.6 is 23.2 Å². The second-order valence-electron chi connectivity index (χ2n) is 7.33. The van der Waals surface area contributed by atoms with Crippen LogP contribution in [0.5, 0.6) is 0 Å². The molecule has 2 aromatic rings. The third-order valence-electron chi connectivity index (χ3n) is 4.72. The van der Waals surface area contributed by atoms with Gasteiger partial charge in [0.25, 0.3) is 11.8 Å². The first-order valence-corrected chi connectivity index (χ1v) is 10.6. The quantitative estimate of drug-likeness (QED) is 0.481. The zero-order chi connectivity index (χ0) is 22.4. The van der Waals surface area contributed by atoms with Gasteiger partial charge in [0.2, 0.25) is 0 Å². The van der Waals surface area contributed by atoms with Crippen molar-refractivity contribution in [2.45, 2.75) is 19.9 Å². The maximum atomic E-state index is 12.6. The van der Waals surface area contributed by atoms with Crippen LogP contribution in [0, 0.1) is 5.92 Å². The third kappa shape index (κ3) is 6.22. The number of hydrazone groups is 1. The number of benzene rings is 1. The Kier molecular flexibility index (Phi) is 7.95. The van der Waals surface area contributed by atoms with Gasteiger partial charge in [-0.1, -0.05) is 37.0 Å².